The van der Waals surface area contributed by atoms with Gasteiger partial charge in [-0.1, -0.05) is 0 Å². The summed E-state index contributed by atoms with van der Waals surface area (Å²) in [4.78, 5) is 17.9. The molecule has 0 aliphatic heterocycles. The van der Waals surface area contributed by atoms with Gasteiger partial charge in [0.05, 0.1) is 18.4 Å². The second kappa shape index (κ2) is 7.08. The predicted octanol–water partition coefficient (Wildman–Crippen LogP) is 0.908. The lowest BCUT2D eigenvalue weighted by Crippen LogP contribution is -2.35. The smallest absolute Gasteiger partial charge is 0.339 e. The molecule has 0 radical (unpaired) electrons. The van der Waals surface area contributed by atoms with Crippen LogP contribution in [-0.2, 0) is 11.3 Å². The minimum Gasteiger partial charge on any atom is -0.465 e. The highest BCUT2D eigenvalue weighted by Gasteiger charge is 2.12. The molecule has 18 heavy (non-hydrogen) atoms. The molecule has 0 saturated heterocycles. The Morgan fingerprint density at radius 2 is 2.28 bits per heavy atom. The molecule has 0 aromatic carbocycles. The molecule has 1 N–H and O–H groups in total. The lowest BCUT2D eigenvalue weighted by atomic mass is 10.2. The molecular weight excluding hydrogens is 230 g/mol. The number of ether oxygens (including phenoxy) is 1. The molecule has 0 aliphatic rings. The summed E-state index contributed by atoms with van der Waals surface area (Å²) in [5, 5.41) is 3.29. The number of nitrogens with zero attached hydrogens (tertiary/aromatic N) is 2. The van der Waals surface area contributed by atoms with Gasteiger partial charge >= 0.3 is 5.97 Å². The summed E-state index contributed by atoms with van der Waals surface area (Å²) in [7, 11) is 5.45. The topological polar surface area (TPSA) is 54.5 Å². The number of esters is 1. The summed E-state index contributed by atoms with van der Waals surface area (Å²) in [6.07, 6.45) is 1.68. The Labute approximate surface area is 108 Å². The highest BCUT2D eigenvalue weighted by Crippen LogP contribution is 2.06. The first kappa shape index (κ1) is 14.6. The Morgan fingerprint density at radius 1 is 1.56 bits per heavy atom. The third kappa shape index (κ3) is 4.09. The van der Waals surface area contributed by atoms with E-state index in [0.29, 0.717) is 18.2 Å². The van der Waals surface area contributed by atoms with Crippen molar-refractivity contribution >= 4 is 5.97 Å². The van der Waals surface area contributed by atoms with Crippen LogP contribution in [0.2, 0.25) is 0 Å². The van der Waals surface area contributed by atoms with Crippen molar-refractivity contribution in [1.29, 1.82) is 0 Å². The van der Waals surface area contributed by atoms with Gasteiger partial charge in [0.2, 0.25) is 0 Å². The number of methoxy groups -OCH3 is 1. The molecule has 1 atom stereocenters. The first-order chi connectivity index (χ1) is 8.56. The Morgan fingerprint density at radius 3 is 2.89 bits per heavy atom. The summed E-state index contributed by atoms with van der Waals surface area (Å²) >= 11 is 0. The van der Waals surface area contributed by atoms with Gasteiger partial charge in [-0.05, 0) is 33.2 Å². The van der Waals surface area contributed by atoms with Gasteiger partial charge in [-0.2, -0.15) is 0 Å². The van der Waals surface area contributed by atoms with Crippen LogP contribution in [0.15, 0.2) is 18.3 Å². The quantitative estimate of drug-likeness (QED) is 0.762. The molecule has 1 heterocycles. The summed E-state index contributed by atoms with van der Waals surface area (Å²) < 4.78 is 4.73. The molecule has 100 valence electrons. The van der Waals surface area contributed by atoms with Crippen molar-refractivity contribution in [2.75, 3.05) is 27.7 Å². The maximum atomic E-state index is 11.5. The summed E-state index contributed by atoms with van der Waals surface area (Å²) in [5.41, 5.74) is 1.24. The minimum atomic E-state index is -0.347. The number of carbonyl (C=O) groups is 1. The molecule has 1 aromatic rings. The lowest BCUT2D eigenvalue weighted by molar-refractivity contribution is 0.0598. The van der Waals surface area contributed by atoms with Crippen LogP contribution in [0, 0.1) is 0 Å². The predicted molar refractivity (Wildman–Crippen MR) is 70.4 cm³/mol. The molecule has 1 aromatic heterocycles. The Bertz CT molecular complexity index is 394. The number of hydrogen-bond donors (Lipinski definition) is 1. The minimum absolute atomic E-state index is 0.347. The normalized spacial score (nSPS) is 12.5. The van der Waals surface area contributed by atoms with Crippen LogP contribution in [0.5, 0.6) is 0 Å². The highest BCUT2D eigenvalue weighted by atomic mass is 16.5. The number of pyridine rings is 1. The Balaban J connectivity index is 2.59. The Kier molecular flexibility index (Phi) is 5.74. The second-order valence-corrected chi connectivity index (χ2v) is 4.43. The van der Waals surface area contributed by atoms with Gasteiger partial charge in [-0.25, -0.2) is 4.79 Å². The fourth-order valence-electron chi connectivity index (χ4n) is 1.46. The van der Waals surface area contributed by atoms with E-state index in [-0.39, 0.29) is 5.97 Å². The molecule has 1 rings (SSSR count). The third-order valence-electron chi connectivity index (χ3n) is 2.91. The fraction of sp³-hybridized carbons (Fsp3) is 0.538. The van der Waals surface area contributed by atoms with Gasteiger partial charge in [0.25, 0.3) is 0 Å². The van der Waals surface area contributed by atoms with Crippen LogP contribution < -0.4 is 5.32 Å². The molecule has 0 saturated carbocycles. The zero-order chi connectivity index (χ0) is 13.5. The number of hydrogen-bond acceptors (Lipinski definition) is 5. The van der Waals surface area contributed by atoms with E-state index >= 15 is 0 Å². The van der Waals surface area contributed by atoms with E-state index in [0.717, 1.165) is 12.2 Å². The molecule has 0 aliphatic carbocycles. The van der Waals surface area contributed by atoms with E-state index in [9.17, 15) is 4.79 Å². The number of likely N-dealkylation sites (N-methyl/N-ethyl adjacent to an activating group) is 1. The van der Waals surface area contributed by atoms with E-state index in [1.807, 2.05) is 14.1 Å². The lowest BCUT2D eigenvalue weighted by Gasteiger charge is -2.20. The average molecular weight is 251 g/mol. The van der Waals surface area contributed by atoms with E-state index in [1.54, 1.807) is 18.3 Å². The van der Waals surface area contributed by atoms with E-state index in [2.05, 4.69) is 22.1 Å². The SMILES string of the molecule is COC(=O)c1cccnc1CNCC(C)N(C)C. The van der Waals surface area contributed by atoms with Gasteiger partial charge in [0.1, 0.15) is 0 Å². The molecule has 1 unspecified atom stereocenters. The van der Waals surface area contributed by atoms with Crippen LogP contribution in [0.3, 0.4) is 0 Å². The molecular formula is C13H21N3O2. The number of aromatic nitrogens is 1. The van der Waals surface area contributed by atoms with Gasteiger partial charge in [0, 0.05) is 25.3 Å². The van der Waals surface area contributed by atoms with Crippen LogP contribution in [0.4, 0.5) is 0 Å². The first-order valence-corrected chi connectivity index (χ1v) is 5.95. The van der Waals surface area contributed by atoms with E-state index in [4.69, 9.17) is 4.74 Å². The first-order valence-electron chi connectivity index (χ1n) is 5.95. The van der Waals surface area contributed by atoms with Crippen molar-refractivity contribution in [2.24, 2.45) is 0 Å². The van der Waals surface area contributed by atoms with Crippen LogP contribution >= 0.6 is 0 Å². The molecule has 5 heteroatoms. The molecule has 0 bridgehead atoms. The van der Waals surface area contributed by atoms with Crippen molar-refractivity contribution in [3.8, 4) is 0 Å². The summed E-state index contributed by atoms with van der Waals surface area (Å²) in [6, 6.07) is 3.89. The largest absolute Gasteiger partial charge is 0.465 e. The zero-order valence-corrected chi connectivity index (χ0v) is 11.4. The third-order valence-corrected chi connectivity index (χ3v) is 2.91. The van der Waals surface area contributed by atoms with Crippen molar-refractivity contribution in [3.05, 3.63) is 29.6 Å². The number of carbonyl (C=O) groups excluding carboxylic acids is 1. The molecule has 0 fully saturated rings. The summed E-state index contributed by atoms with van der Waals surface area (Å²) in [6.45, 7) is 3.53. The van der Waals surface area contributed by atoms with Crippen LogP contribution in [-0.4, -0.2) is 49.6 Å². The van der Waals surface area contributed by atoms with Gasteiger partial charge in [0.15, 0.2) is 0 Å². The summed E-state index contributed by atoms with van der Waals surface area (Å²) in [5.74, 6) is -0.347. The maximum absolute atomic E-state index is 11.5. The van der Waals surface area contributed by atoms with Crippen molar-refractivity contribution in [1.82, 2.24) is 15.2 Å². The maximum Gasteiger partial charge on any atom is 0.339 e. The van der Waals surface area contributed by atoms with Crippen LogP contribution in [0.1, 0.15) is 23.0 Å². The van der Waals surface area contributed by atoms with Gasteiger partial charge in [-0.3, -0.25) is 4.98 Å². The van der Waals surface area contributed by atoms with E-state index < -0.39 is 0 Å². The fourth-order valence-corrected chi connectivity index (χ4v) is 1.46. The Hall–Kier alpha value is -1.46. The zero-order valence-electron chi connectivity index (χ0n) is 11.4. The van der Waals surface area contributed by atoms with Crippen molar-refractivity contribution in [3.63, 3.8) is 0 Å². The molecule has 0 amide bonds. The number of rotatable bonds is 6. The highest BCUT2D eigenvalue weighted by molar-refractivity contribution is 5.90. The van der Waals surface area contributed by atoms with Gasteiger partial charge < -0.3 is 15.0 Å². The number of nitrogens with one attached hydrogen (secondary N) is 1. The monoisotopic (exact) mass is 251 g/mol. The average Bonchev–Trinajstić information content (AvgIpc) is 2.38. The van der Waals surface area contributed by atoms with E-state index in [1.165, 1.54) is 7.11 Å². The molecule has 5 nitrogen and oxygen atoms in total. The second-order valence-electron chi connectivity index (χ2n) is 4.43. The van der Waals surface area contributed by atoms with Crippen LogP contribution in [0.25, 0.3) is 0 Å². The standard InChI is InChI=1S/C13H21N3O2/c1-10(16(2)3)8-14-9-12-11(13(17)18-4)6-5-7-15-12/h5-7,10,14H,8-9H2,1-4H3. The van der Waals surface area contributed by atoms with Gasteiger partial charge in [-0.15, -0.1) is 0 Å². The van der Waals surface area contributed by atoms with Crippen molar-refractivity contribution < 1.29 is 9.53 Å². The van der Waals surface area contributed by atoms with Crippen molar-refractivity contribution in [2.45, 2.75) is 19.5 Å². The molecule has 0 spiro atoms.